The third-order valence-electron chi connectivity index (χ3n) is 2.86. The van der Waals surface area contributed by atoms with Crippen LogP contribution < -0.4 is 5.73 Å². The number of nitrogens with zero attached hydrogens (tertiary/aromatic N) is 2. The van der Waals surface area contributed by atoms with Crippen LogP contribution in [-0.2, 0) is 9.53 Å². The zero-order valence-electron chi connectivity index (χ0n) is 11.0. The van der Waals surface area contributed by atoms with Crippen molar-refractivity contribution < 1.29 is 18.3 Å². The Morgan fingerprint density at radius 1 is 1.50 bits per heavy atom. The molecule has 5 nitrogen and oxygen atoms in total. The molecule has 0 fully saturated rings. The van der Waals surface area contributed by atoms with Crippen LogP contribution in [0.25, 0.3) is 0 Å². The third kappa shape index (κ3) is 2.93. The number of nitrogens with two attached hydrogens (primary N) is 1. The van der Waals surface area contributed by atoms with Crippen molar-refractivity contribution in [1.82, 2.24) is 5.01 Å². The van der Waals surface area contributed by atoms with Crippen LogP contribution >= 0.6 is 0 Å². The van der Waals surface area contributed by atoms with Gasteiger partial charge < -0.3 is 10.5 Å². The van der Waals surface area contributed by atoms with Crippen LogP contribution in [0.5, 0.6) is 0 Å². The van der Waals surface area contributed by atoms with Gasteiger partial charge >= 0.3 is 0 Å². The highest BCUT2D eigenvalue weighted by Gasteiger charge is 2.32. The molecule has 1 aromatic carbocycles. The van der Waals surface area contributed by atoms with Crippen LogP contribution in [0.1, 0.15) is 25.3 Å². The second-order valence-corrected chi connectivity index (χ2v) is 4.40. The molecule has 0 aliphatic carbocycles. The zero-order chi connectivity index (χ0) is 14.7. The van der Waals surface area contributed by atoms with Crippen molar-refractivity contribution in [2.75, 3.05) is 6.54 Å². The van der Waals surface area contributed by atoms with Gasteiger partial charge in [-0.15, -0.1) is 5.10 Å². The Hall–Kier alpha value is -2.02. The van der Waals surface area contributed by atoms with Gasteiger partial charge in [0.1, 0.15) is 11.6 Å². The number of hydrogen-bond donors (Lipinski definition) is 1. The van der Waals surface area contributed by atoms with Crippen molar-refractivity contribution in [3.63, 3.8) is 0 Å². The van der Waals surface area contributed by atoms with E-state index in [1.54, 1.807) is 0 Å². The average Bonchev–Trinajstić information content (AvgIpc) is 2.83. The molecule has 7 heteroatoms. The van der Waals surface area contributed by atoms with Crippen LogP contribution in [0.2, 0.25) is 0 Å². The van der Waals surface area contributed by atoms with Gasteiger partial charge in [0.2, 0.25) is 11.8 Å². The van der Waals surface area contributed by atoms with E-state index in [1.807, 2.05) is 0 Å². The Morgan fingerprint density at radius 2 is 2.25 bits per heavy atom. The van der Waals surface area contributed by atoms with Crippen LogP contribution in [-0.4, -0.2) is 29.6 Å². The molecule has 1 atom stereocenters. The van der Waals surface area contributed by atoms with Crippen molar-refractivity contribution in [2.24, 2.45) is 10.8 Å². The first-order valence-corrected chi connectivity index (χ1v) is 6.23. The molecule has 2 rings (SSSR count). The molecule has 1 aliphatic heterocycles. The Morgan fingerprint density at radius 3 is 2.90 bits per heavy atom. The Kier molecular flexibility index (Phi) is 4.29. The van der Waals surface area contributed by atoms with Crippen LogP contribution in [0.4, 0.5) is 8.78 Å². The molecule has 1 heterocycles. The summed E-state index contributed by atoms with van der Waals surface area (Å²) in [6, 6.07) is 2.97. The van der Waals surface area contributed by atoms with Crippen LogP contribution in [0.3, 0.4) is 0 Å². The fraction of sp³-hybridized carbons (Fsp3) is 0.385. The van der Waals surface area contributed by atoms with Gasteiger partial charge in [0.05, 0.1) is 5.56 Å². The quantitative estimate of drug-likeness (QED) is 0.912. The summed E-state index contributed by atoms with van der Waals surface area (Å²) in [5.41, 5.74) is 5.31. The lowest BCUT2D eigenvalue weighted by molar-refractivity contribution is -0.135. The highest BCUT2D eigenvalue weighted by Crippen LogP contribution is 2.22. The molecule has 0 radical (unpaired) electrons. The van der Waals surface area contributed by atoms with Crippen molar-refractivity contribution in [3.05, 3.63) is 35.4 Å². The lowest BCUT2D eigenvalue weighted by Gasteiger charge is -2.18. The summed E-state index contributed by atoms with van der Waals surface area (Å²) in [6.45, 7) is 1.77. The van der Waals surface area contributed by atoms with E-state index in [1.165, 1.54) is 6.92 Å². The number of halogens is 2. The number of hydrazone groups is 1. The second kappa shape index (κ2) is 5.96. The number of carbonyl (C=O) groups excluding carboxylic acids is 1. The number of ether oxygens (including phenoxy) is 1. The lowest BCUT2D eigenvalue weighted by atomic mass is 10.2. The molecule has 1 amide bonds. The van der Waals surface area contributed by atoms with Gasteiger partial charge in [-0.1, -0.05) is 0 Å². The molecular weight excluding hydrogens is 268 g/mol. The summed E-state index contributed by atoms with van der Waals surface area (Å²) in [6.07, 6.45) is 0.469. The Bertz CT molecular complexity index is 548. The maximum Gasteiger partial charge on any atom is 0.243 e. The predicted octanol–water partition coefficient (Wildman–Crippen LogP) is 1.57. The van der Waals surface area contributed by atoms with Crippen molar-refractivity contribution in [2.45, 2.75) is 26.0 Å². The van der Waals surface area contributed by atoms with Crippen molar-refractivity contribution in [1.29, 1.82) is 0 Å². The predicted molar refractivity (Wildman–Crippen MR) is 68.6 cm³/mol. The number of rotatable bonds is 4. The zero-order valence-corrected chi connectivity index (χ0v) is 11.0. The number of benzene rings is 1. The Balaban J connectivity index is 2.26. The van der Waals surface area contributed by atoms with Crippen molar-refractivity contribution in [3.8, 4) is 0 Å². The number of hydrogen-bond acceptors (Lipinski definition) is 4. The van der Waals surface area contributed by atoms with E-state index >= 15 is 0 Å². The minimum Gasteiger partial charge on any atom is -0.450 e. The lowest BCUT2D eigenvalue weighted by Crippen LogP contribution is -2.32. The first-order chi connectivity index (χ1) is 9.52. The molecule has 20 heavy (non-hydrogen) atoms. The van der Waals surface area contributed by atoms with E-state index in [4.69, 9.17) is 10.5 Å². The topological polar surface area (TPSA) is 67.9 Å². The first-order valence-electron chi connectivity index (χ1n) is 6.23. The monoisotopic (exact) mass is 283 g/mol. The average molecular weight is 283 g/mol. The molecule has 0 bridgehead atoms. The van der Waals surface area contributed by atoms with E-state index in [2.05, 4.69) is 5.10 Å². The van der Waals surface area contributed by atoms with E-state index in [0.717, 1.165) is 23.2 Å². The number of amides is 1. The minimum absolute atomic E-state index is 0.0979. The summed E-state index contributed by atoms with van der Waals surface area (Å²) in [5, 5.41) is 5.05. The highest BCUT2D eigenvalue weighted by molar-refractivity contribution is 5.96. The fourth-order valence-electron chi connectivity index (χ4n) is 1.89. The Labute approximate surface area is 115 Å². The first kappa shape index (κ1) is 14.4. The van der Waals surface area contributed by atoms with E-state index < -0.39 is 17.9 Å². The molecule has 0 aromatic heterocycles. The van der Waals surface area contributed by atoms with E-state index in [-0.39, 0.29) is 17.4 Å². The number of carbonyl (C=O) groups is 1. The van der Waals surface area contributed by atoms with Gasteiger partial charge in [0.15, 0.2) is 6.23 Å². The largest absolute Gasteiger partial charge is 0.450 e. The fourth-order valence-corrected chi connectivity index (χ4v) is 1.89. The summed E-state index contributed by atoms with van der Waals surface area (Å²) in [4.78, 5) is 11.5. The van der Waals surface area contributed by atoms with Crippen LogP contribution in [0, 0.1) is 11.6 Å². The standard InChI is InChI=1S/C13H15F2N3O2/c1-8(19)18-12(3-2-6-16)20-13(17-18)10-7-9(14)4-5-11(10)15/h4-5,7,12H,2-3,6,16H2,1H3. The molecule has 0 spiro atoms. The van der Waals surface area contributed by atoms with E-state index in [9.17, 15) is 13.6 Å². The second-order valence-electron chi connectivity index (χ2n) is 4.40. The summed E-state index contributed by atoms with van der Waals surface area (Å²) in [7, 11) is 0. The molecule has 0 saturated heterocycles. The molecular formula is C13H15F2N3O2. The van der Waals surface area contributed by atoms with Gasteiger partial charge in [-0.05, 0) is 31.2 Å². The smallest absolute Gasteiger partial charge is 0.243 e. The minimum atomic E-state index is -0.659. The normalized spacial score (nSPS) is 17.9. The van der Waals surface area contributed by atoms with E-state index in [0.29, 0.717) is 19.4 Å². The SMILES string of the molecule is CC(=O)N1N=C(c2cc(F)ccc2F)OC1CCCN. The summed E-state index contributed by atoms with van der Waals surface area (Å²) >= 11 is 0. The third-order valence-corrected chi connectivity index (χ3v) is 2.86. The van der Waals surface area contributed by atoms with Crippen molar-refractivity contribution >= 4 is 11.8 Å². The molecule has 0 saturated carbocycles. The van der Waals surface area contributed by atoms with Gasteiger partial charge in [-0.2, -0.15) is 5.01 Å². The maximum absolute atomic E-state index is 13.7. The summed E-state index contributed by atoms with van der Waals surface area (Å²) in [5.74, 6) is -1.70. The van der Waals surface area contributed by atoms with Gasteiger partial charge in [-0.25, -0.2) is 8.78 Å². The molecule has 1 unspecified atom stereocenters. The molecule has 2 N–H and O–H groups in total. The van der Waals surface area contributed by atoms with Gasteiger partial charge in [0, 0.05) is 13.3 Å². The molecule has 108 valence electrons. The molecule has 1 aromatic rings. The van der Waals surface area contributed by atoms with Gasteiger partial charge in [-0.3, -0.25) is 4.79 Å². The van der Waals surface area contributed by atoms with Gasteiger partial charge in [0.25, 0.3) is 0 Å². The molecule has 1 aliphatic rings. The highest BCUT2D eigenvalue weighted by atomic mass is 19.1. The maximum atomic E-state index is 13.7. The summed E-state index contributed by atoms with van der Waals surface area (Å²) < 4.78 is 32.3. The van der Waals surface area contributed by atoms with Crippen LogP contribution in [0.15, 0.2) is 23.3 Å².